The van der Waals surface area contributed by atoms with Gasteiger partial charge in [0, 0.05) is 5.92 Å². The van der Waals surface area contributed by atoms with Gasteiger partial charge in [-0.3, -0.25) is 0 Å². The Kier molecular flexibility index (Phi) is 4.85. The Morgan fingerprint density at radius 1 is 0.444 bits per heavy atom. The van der Waals surface area contributed by atoms with Crippen LogP contribution >= 0.6 is 0 Å². The van der Waals surface area contributed by atoms with Crippen LogP contribution in [0.15, 0.2) is 133 Å². The first kappa shape index (κ1) is 20.9. The van der Waals surface area contributed by atoms with Gasteiger partial charge < -0.3 is 0 Å². The molecule has 0 nitrogen and oxygen atoms in total. The third-order valence-corrected chi connectivity index (χ3v) is 7.58. The number of benzene rings is 6. The van der Waals surface area contributed by atoms with Gasteiger partial charge in [-0.2, -0.15) is 0 Å². The number of aryl methyl sites for hydroxylation is 1. The van der Waals surface area contributed by atoms with Crippen molar-refractivity contribution in [2.75, 3.05) is 0 Å². The third kappa shape index (κ3) is 3.38. The molecule has 0 aromatic heterocycles. The summed E-state index contributed by atoms with van der Waals surface area (Å²) in [6.07, 6.45) is 0. The normalized spacial score (nSPS) is 14.0. The van der Waals surface area contributed by atoms with E-state index >= 15 is 0 Å². The first-order valence-electron chi connectivity index (χ1n) is 12.6. The molecule has 6 aromatic rings. The fourth-order valence-electron chi connectivity index (χ4n) is 5.89. The van der Waals surface area contributed by atoms with Crippen LogP contribution in [0.4, 0.5) is 0 Å². The highest BCUT2D eigenvalue weighted by Gasteiger charge is 2.33. The lowest BCUT2D eigenvalue weighted by atomic mass is 9.83. The molecule has 170 valence electrons. The van der Waals surface area contributed by atoms with Crippen LogP contribution in [0.3, 0.4) is 0 Å². The molecular weight excluding hydrogens is 432 g/mol. The molecule has 0 heteroatoms. The zero-order valence-electron chi connectivity index (χ0n) is 20.3. The molecule has 6 aromatic carbocycles. The van der Waals surface area contributed by atoms with Crippen molar-refractivity contribution in [3.8, 4) is 33.4 Å². The average Bonchev–Trinajstić information content (AvgIpc) is 3.26. The summed E-state index contributed by atoms with van der Waals surface area (Å²) >= 11 is 0. The molecule has 0 heterocycles. The van der Waals surface area contributed by atoms with Crippen LogP contribution < -0.4 is 0 Å². The van der Waals surface area contributed by atoms with Crippen LogP contribution in [0.5, 0.6) is 0 Å². The molecule has 1 aliphatic rings. The highest BCUT2D eigenvalue weighted by Crippen LogP contribution is 2.53. The summed E-state index contributed by atoms with van der Waals surface area (Å²) < 4.78 is 0. The van der Waals surface area contributed by atoms with E-state index in [1.54, 1.807) is 0 Å². The number of fused-ring (bicyclic) bond motifs is 4. The first-order chi connectivity index (χ1) is 17.8. The Morgan fingerprint density at radius 2 is 1.14 bits per heavy atom. The third-order valence-electron chi connectivity index (χ3n) is 7.58. The summed E-state index contributed by atoms with van der Waals surface area (Å²) in [4.78, 5) is 0. The fourth-order valence-corrected chi connectivity index (χ4v) is 5.89. The largest absolute Gasteiger partial charge is 0.0622 e. The maximum atomic E-state index is 2.41. The zero-order chi connectivity index (χ0) is 24.1. The highest BCUT2D eigenvalue weighted by molar-refractivity contribution is 5.95. The Labute approximate surface area is 212 Å². The lowest BCUT2D eigenvalue weighted by Crippen LogP contribution is -2.02. The molecule has 1 aliphatic carbocycles. The quantitative estimate of drug-likeness (QED) is 0.247. The second-order valence-electron chi connectivity index (χ2n) is 9.85. The standard InChI is InChI=1S/C36H26/c1-24-16-19-31-33(20-24)35(27-13-6-3-7-14-27)36-32(29-18-17-26-12-8-9-15-28(26)21-29)22-30(23-34(31)36)25-10-4-2-5-11-25/h2-23,35H,1H3. The van der Waals surface area contributed by atoms with E-state index in [9.17, 15) is 0 Å². The van der Waals surface area contributed by atoms with Crippen LogP contribution in [-0.4, -0.2) is 0 Å². The summed E-state index contributed by atoms with van der Waals surface area (Å²) in [7, 11) is 0. The van der Waals surface area contributed by atoms with Gasteiger partial charge in [-0.15, -0.1) is 0 Å². The predicted molar refractivity (Wildman–Crippen MR) is 152 cm³/mol. The van der Waals surface area contributed by atoms with E-state index < -0.39 is 0 Å². The minimum absolute atomic E-state index is 0.211. The van der Waals surface area contributed by atoms with Gasteiger partial charge in [-0.1, -0.05) is 121 Å². The monoisotopic (exact) mass is 458 g/mol. The zero-order valence-corrected chi connectivity index (χ0v) is 20.3. The Hall–Kier alpha value is -4.42. The molecule has 7 rings (SSSR count). The molecule has 0 radical (unpaired) electrons. The maximum absolute atomic E-state index is 2.41. The van der Waals surface area contributed by atoms with Gasteiger partial charge in [0.1, 0.15) is 0 Å². The predicted octanol–water partition coefficient (Wildman–Crippen LogP) is 9.64. The van der Waals surface area contributed by atoms with Crippen molar-refractivity contribution in [3.05, 3.63) is 156 Å². The molecule has 1 atom stereocenters. The van der Waals surface area contributed by atoms with Crippen LogP contribution in [0.2, 0.25) is 0 Å². The van der Waals surface area contributed by atoms with Crippen LogP contribution in [-0.2, 0) is 0 Å². The van der Waals surface area contributed by atoms with Crippen molar-refractivity contribution in [1.29, 1.82) is 0 Å². The summed E-state index contributed by atoms with van der Waals surface area (Å²) in [5.41, 5.74) is 13.3. The van der Waals surface area contributed by atoms with Gasteiger partial charge in [0.25, 0.3) is 0 Å². The van der Waals surface area contributed by atoms with Gasteiger partial charge in [0.15, 0.2) is 0 Å². The van der Waals surface area contributed by atoms with E-state index in [0.717, 1.165) is 0 Å². The SMILES string of the molecule is Cc1ccc2c(c1)C(c1ccccc1)c1c(-c3ccc4ccccc4c3)cc(-c3ccccc3)cc1-2. The van der Waals surface area contributed by atoms with Gasteiger partial charge >= 0.3 is 0 Å². The summed E-state index contributed by atoms with van der Waals surface area (Å²) in [5, 5.41) is 2.55. The van der Waals surface area contributed by atoms with Gasteiger partial charge in [-0.25, -0.2) is 0 Å². The smallest absolute Gasteiger partial charge is 0.0358 e. The second-order valence-corrected chi connectivity index (χ2v) is 9.85. The Morgan fingerprint density at radius 3 is 1.94 bits per heavy atom. The topological polar surface area (TPSA) is 0 Å². The fraction of sp³-hybridized carbons (Fsp3) is 0.0556. The van der Waals surface area contributed by atoms with Crippen LogP contribution in [0.25, 0.3) is 44.2 Å². The van der Waals surface area contributed by atoms with E-state index in [-0.39, 0.29) is 5.92 Å². The first-order valence-corrected chi connectivity index (χ1v) is 12.6. The molecule has 0 fully saturated rings. The number of rotatable bonds is 3. The summed E-state index contributed by atoms with van der Waals surface area (Å²) in [6, 6.07) is 49.1. The van der Waals surface area contributed by atoms with Gasteiger partial charge in [-0.05, 0) is 86.0 Å². The average molecular weight is 459 g/mol. The van der Waals surface area contributed by atoms with Crippen molar-refractivity contribution >= 4 is 10.8 Å². The van der Waals surface area contributed by atoms with Crippen molar-refractivity contribution in [3.63, 3.8) is 0 Å². The molecule has 1 unspecified atom stereocenters. The maximum Gasteiger partial charge on any atom is 0.0358 e. The van der Waals surface area contributed by atoms with E-state index in [4.69, 9.17) is 0 Å². The van der Waals surface area contributed by atoms with Crippen molar-refractivity contribution in [2.45, 2.75) is 12.8 Å². The van der Waals surface area contributed by atoms with Crippen molar-refractivity contribution in [2.24, 2.45) is 0 Å². The highest BCUT2D eigenvalue weighted by atomic mass is 14.4. The van der Waals surface area contributed by atoms with Gasteiger partial charge in [0.05, 0.1) is 0 Å². The summed E-state index contributed by atoms with van der Waals surface area (Å²) in [5.74, 6) is 0.211. The van der Waals surface area contributed by atoms with Crippen LogP contribution in [0, 0.1) is 6.92 Å². The molecule has 36 heavy (non-hydrogen) atoms. The van der Waals surface area contributed by atoms with Gasteiger partial charge in [0.2, 0.25) is 0 Å². The molecule has 0 aliphatic heterocycles. The Bertz CT molecular complexity index is 1730. The lowest BCUT2D eigenvalue weighted by Gasteiger charge is -2.20. The molecule has 0 N–H and O–H groups in total. The van der Waals surface area contributed by atoms with E-state index in [2.05, 4.69) is 140 Å². The number of hydrogen-bond acceptors (Lipinski definition) is 0. The minimum atomic E-state index is 0.211. The van der Waals surface area contributed by atoms with E-state index in [1.165, 1.54) is 66.4 Å². The van der Waals surface area contributed by atoms with Crippen molar-refractivity contribution < 1.29 is 0 Å². The Balaban J connectivity index is 1.57. The minimum Gasteiger partial charge on any atom is -0.0622 e. The molecule has 0 saturated carbocycles. The summed E-state index contributed by atoms with van der Waals surface area (Å²) in [6.45, 7) is 2.20. The molecular formula is C36H26. The lowest BCUT2D eigenvalue weighted by molar-refractivity contribution is 1.01. The molecule has 0 amide bonds. The van der Waals surface area contributed by atoms with E-state index in [1.807, 2.05) is 0 Å². The second kappa shape index (κ2) is 8.36. The molecule has 0 bridgehead atoms. The van der Waals surface area contributed by atoms with E-state index in [0.29, 0.717) is 0 Å². The van der Waals surface area contributed by atoms with Crippen molar-refractivity contribution in [1.82, 2.24) is 0 Å². The van der Waals surface area contributed by atoms with Crippen LogP contribution in [0.1, 0.15) is 28.2 Å². The number of hydrogen-bond donors (Lipinski definition) is 0. The molecule has 0 saturated heterocycles. The molecule has 0 spiro atoms.